The summed E-state index contributed by atoms with van der Waals surface area (Å²) >= 11 is 0. The second kappa shape index (κ2) is 1.12. The molecule has 1 heterocycles. The van der Waals surface area contributed by atoms with Crippen molar-refractivity contribution in [2.24, 2.45) is 0 Å². The minimum absolute atomic E-state index is 0.801. The largest absolute Gasteiger partial charge is 0.361 e. The van der Waals surface area contributed by atoms with Crippen molar-refractivity contribution in [1.29, 1.82) is 0 Å². The molecule has 1 rings (SSSR count). The summed E-state index contributed by atoms with van der Waals surface area (Å²) in [4.78, 5) is 0. The predicted octanol–water partition coefficient (Wildman–Crippen LogP) is 0.783. The number of rotatable bonds is 0. The summed E-state index contributed by atoms with van der Waals surface area (Å²) in [5, 5.41) is 3.32. The SMILES string of the molecule is Cc1c[c]no1. The summed E-state index contributed by atoms with van der Waals surface area (Å²) in [5.74, 6) is 0.801. The van der Waals surface area contributed by atoms with E-state index in [-0.39, 0.29) is 0 Å². The maximum atomic E-state index is 4.53. The molecule has 2 heteroatoms. The number of aromatic nitrogens is 1. The normalized spacial score (nSPS) is 8.83. The second-order valence-electron chi connectivity index (χ2n) is 1.07. The second-order valence-corrected chi connectivity index (χ2v) is 1.07. The molecule has 0 fully saturated rings. The molecular weight excluding hydrogens is 78.0 g/mol. The zero-order valence-electron chi connectivity index (χ0n) is 3.43. The standard InChI is InChI=1S/C4H4NO/c1-4-2-3-5-6-4/h2H,1H3. The predicted molar refractivity (Wildman–Crippen MR) is 20.1 cm³/mol. The van der Waals surface area contributed by atoms with E-state index >= 15 is 0 Å². The first-order valence-corrected chi connectivity index (χ1v) is 1.69. The molecule has 0 saturated heterocycles. The molecule has 0 aliphatic carbocycles. The lowest BCUT2D eigenvalue weighted by Gasteiger charge is -1.65. The Labute approximate surface area is 35.8 Å². The Hall–Kier alpha value is -0.790. The third-order valence-corrected chi connectivity index (χ3v) is 0.510. The van der Waals surface area contributed by atoms with Gasteiger partial charge in [-0.2, -0.15) is 0 Å². The number of hydrogen-bond acceptors (Lipinski definition) is 2. The van der Waals surface area contributed by atoms with E-state index in [2.05, 4.69) is 15.9 Å². The average Bonchev–Trinajstić information content (AvgIpc) is 1.86. The van der Waals surface area contributed by atoms with E-state index in [1.54, 1.807) is 6.07 Å². The van der Waals surface area contributed by atoms with E-state index in [4.69, 9.17) is 0 Å². The molecule has 1 aromatic rings. The van der Waals surface area contributed by atoms with Crippen LogP contribution in [0.25, 0.3) is 0 Å². The Morgan fingerprint density at radius 2 is 2.83 bits per heavy atom. The smallest absolute Gasteiger partial charge is 0.136 e. The van der Waals surface area contributed by atoms with E-state index in [0.717, 1.165) is 5.76 Å². The molecule has 0 saturated carbocycles. The van der Waals surface area contributed by atoms with Crippen LogP contribution in [0, 0.1) is 13.1 Å². The van der Waals surface area contributed by atoms with E-state index < -0.39 is 0 Å². The van der Waals surface area contributed by atoms with Gasteiger partial charge in [-0.1, -0.05) is 5.16 Å². The Balaban J connectivity index is 3.05. The van der Waals surface area contributed by atoms with E-state index in [1.165, 1.54) is 0 Å². The highest BCUT2D eigenvalue weighted by Crippen LogP contribution is 1.87. The topological polar surface area (TPSA) is 26.0 Å². The van der Waals surface area contributed by atoms with Crippen molar-refractivity contribution in [2.75, 3.05) is 0 Å². The lowest BCUT2D eigenvalue weighted by Crippen LogP contribution is -1.50. The molecule has 0 spiro atoms. The minimum atomic E-state index is 0.801. The van der Waals surface area contributed by atoms with Gasteiger partial charge in [-0.05, 0) is 6.92 Å². The first-order chi connectivity index (χ1) is 2.89. The van der Waals surface area contributed by atoms with E-state index in [0.29, 0.717) is 0 Å². The van der Waals surface area contributed by atoms with Crippen LogP contribution < -0.4 is 0 Å². The van der Waals surface area contributed by atoms with Crippen LogP contribution in [0.2, 0.25) is 0 Å². The zero-order chi connectivity index (χ0) is 4.41. The molecule has 0 aromatic carbocycles. The van der Waals surface area contributed by atoms with Crippen LogP contribution >= 0.6 is 0 Å². The lowest BCUT2D eigenvalue weighted by molar-refractivity contribution is 0.396. The highest BCUT2D eigenvalue weighted by atomic mass is 16.5. The van der Waals surface area contributed by atoms with Crippen LogP contribution in [-0.2, 0) is 0 Å². The Morgan fingerprint density at radius 1 is 2.00 bits per heavy atom. The summed E-state index contributed by atoms with van der Waals surface area (Å²) in [6, 6.07) is 1.68. The van der Waals surface area contributed by atoms with Crippen LogP contribution in [0.5, 0.6) is 0 Å². The summed E-state index contributed by atoms with van der Waals surface area (Å²) in [6.07, 6.45) is 2.51. The van der Waals surface area contributed by atoms with Crippen molar-refractivity contribution in [3.63, 3.8) is 0 Å². The minimum Gasteiger partial charge on any atom is -0.361 e. The molecule has 31 valence electrons. The molecule has 0 amide bonds. The van der Waals surface area contributed by atoms with Gasteiger partial charge in [-0.15, -0.1) is 0 Å². The number of aryl methyl sites for hydroxylation is 1. The molecule has 0 unspecified atom stereocenters. The molecule has 6 heavy (non-hydrogen) atoms. The highest BCUT2D eigenvalue weighted by Gasteiger charge is 1.79. The van der Waals surface area contributed by atoms with E-state index in [1.807, 2.05) is 6.92 Å². The molecular formula is C4H4NO. The van der Waals surface area contributed by atoms with Crippen LogP contribution in [0.3, 0.4) is 0 Å². The van der Waals surface area contributed by atoms with Crippen molar-refractivity contribution in [2.45, 2.75) is 6.92 Å². The lowest BCUT2D eigenvalue weighted by atomic mass is 10.5. The van der Waals surface area contributed by atoms with Crippen LogP contribution in [0.15, 0.2) is 10.6 Å². The molecule has 0 bridgehead atoms. The van der Waals surface area contributed by atoms with Gasteiger partial charge in [0.2, 0.25) is 0 Å². The highest BCUT2D eigenvalue weighted by molar-refractivity contribution is 4.85. The van der Waals surface area contributed by atoms with Gasteiger partial charge >= 0.3 is 0 Å². The number of nitrogens with zero attached hydrogens (tertiary/aromatic N) is 1. The summed E-state index contributed by atoms with van der Waals surface area (Å²) in [5.41, 5.74) is 0. The van der Waals surface area contributed by atoms with Gasteiger partial charge < -0.3 is 4.52 Å². The Morgan fingerprint density at radius 3 is 3.00 bits per heavy atom. The molecule has 0 atom stereocenters. The van der Waals surface area contributed by atoms with Gasteiger partial charge in [0.15, 0.2) is 0 Å². The van der Waals surface area contributed by atoms with E-state index in [9.17, 15) is 0 Å². The van der Waals surface area contributed by atoms with Crippen molar-refractivity contribution >= 4 is 0 Å². The maximum absolute atomic E-state index is 4.53. The van der Waals surface area contributed by atoms with Gasteiger partial charge in [0.25, 0.3) is 0 Å². The molecule has 0 aliphatic heterocycles. The third kappa shape index (κ3) is 0.407. The fourth-order valence-corrected chi connectivity index (χ4v) is 0.242. The third-order valence-electron chi connectivity index (χ3n) is 0.510. The monoisotopic (exact) mass is 82.0 g/mol. The van der Waals surface area contributed by atoms with Gasteiger partial charge in [-0.3, -0.25) is 0 Å². The quantitative estimate of drug-likeness (QED) is 0.462. The summed E-state index contributed by atoms with van der Waals surface area (Å²) in [6.45, 7) is 1.82. The van der Waals surface area contributed by atoms with Gasteiger partial charge in [0.05, 0.1) is 0 Å². The van der Waals surface area contributed by atoms with Gasteiger partial charge in [-0.25, -0.2) is 0 Å². The zero-order valence-corrected chi connectivity index (χ0v) is 3.43. The fraction of sp³-hybridized carbons (Fsp3) is 0.250. The molecule has 0 aliphatic rings. The van der Waals surface area contributed by atoms with Crippen LogP contribution in [-0.4, -0.2) is 5.16 Å². The Kier molecular flexibility index (Phi) is 0.638. The van der Waals surface area contributed by atoms with Crippen molar-refractivity contribution in [1.82, 2.24) is 5.16 Å². The van der Waals surface area contributed by atoms with Crippen molar-refractivity contribution in [3.05, 3.63) is 18.0 Å². The maximum Gasteiger partial charge on any atom is 0.136 e. The Bertz CT molecular complexity index is 111. The first-order valence-electron chi connectivity index (χ1n) is 1.69. The summed E-state index contributed by atoms with van der Waals surface area (Å²) in [7, 11) is 0. The summed E-state index contributed by atoms with van der Waals surface area (Å²) < 4.78 is 4.53. The molecule has 1 aromatic heterocycles. The first kappa shape index (κ1) is 3.40. The fourth-order valence-electron chi connectivity index (χ4n) is 0.242. The van der Waals surface area contributed by atoms with Crippen LogP contribution in [0.1, 0.15) is 5.76 Å². The van der Waals surface area contributed by atoms with Gasteiger partial charge in [0, 0.05) is 6.07 Å². The molecule has 2 nitrogen and oxygen atoms in total. The van der Waals surface area contributed by atoms with Gasteiger partial charge in [0.1, 0.15) is 12.0 Å². The van der Waals surface area contributed by atoms with Crippen molar-refractivity contribution in [3.8, 4) is 0 Å². The van der Waals surface area contributed by atoms with Crippen LogP contribution in [0.4, 0.5) is 0 Å². The number of hydrogen-bond donors (Lipinski definition) is 0. The average molecular weight is 82.1 g/mol. The molecule has 0 N–H and O–H groups in total. The molecule has 1 radical (unpaired) electrons. The van der Waals surface area contributed by atoms with Crippen molar-refractivity contribution < 1.29 is 4.52 Å².